The Kier molecular flexibility index (Phi) is 3.72. The summed E-state index contributed by atoms with van der Waals surface area (Å²) in [6.07, 6.45) is 1.95. The highest BCUT2D eigenvalue weighted by Gasteiger charge is 2.14. The molecule has 0 amide bonds. The van der Waals surface area contributed by atoms with Crippen LogP contribution in [0.25, 0.3) is 0 Å². The summed E-state index contributed by atoms with van der Waals surface area (Å²) in [4.78, 5) is 16.3. The van der Waals surface area contributed by atoms with Crippen molar-refractivity contribution in [3.8, 4) is 5.75 Å². The van der Waals surface area contributed by atoms with E-state index in [9.17, 15) is 4.79 Å². The highest BCUT2D eigenvalue weighted by molar-refractivity contribution is 5.98. The van der Waals surface area contributed by atoms with Crippen molar-refractivity contribution in [3.63, 3.8) is 0 Å². The molecule has 0 aliphatic carbocycles. The molecule has 0 saturated heterocycles. The summed E-state index contributed by atoms with van der Waals surface area (Å²) in [6, 6.07) is 11.4. The molecule has 2 aromatic rings. The van der Waals surface area contributed by atoms with Crippen LogP contribution in [0.4, 0.5) is 0 Å². The van der Waals surface area contributed by atoms with E-state index in [0.717, 1.165) is 11.1 Å². The number of ketones is 1. The number of rotatable bonds is 4. The molecule has 2 rings (SSSR count). The van der Waals surface area contributed by atoms with Crippen molar-refractivity contribution in [2.45, 2.75) is 13.3 Å². The number of carbonyl (C=O) groups is 1. The number of Topliss-reactive ketones (excluding diaryl/α,β-unsaturated/α-hetero) is 1. The van der Waals surface area contributed by atoms with Gasteiger partial charge in [0.2, 0.25) is 0 Å². The number of hydrogen-bond acceptors (Lipinski definition) is 3. The Morgan fingerprint density at radius 3 is 2.72 bits per heavy atom. The molecule has 1 aromatic heterocycles. The zero-order chi connectivity index (χ0) is 13.0. The van der Waals surface area contributed by atoms with Gasteiger partial charge in [0.25, 0.3) is 0 Å². The van der Waals surface area contributed by atoms with Gasteiger partial charge in [-0.2, -0.15) is 0 Å². The lowest BCUT2D eigenvalue weighted by Gasteiger charge is -2.07. The summed E-state index contributed by atoms with van der Waals surface area (Å²) in [5.41, 5.74) is 2.53. The summed E-state index contributed by atoms with van der Waals surface area (Å²) in [5.74, 6) is 0.498. The van der Waals surface area contributed by atoms with E-state index in [-0.39, 0.29) is 5.78 Å². The van der Waals surface area contributed by atoms with Crippen LogP contribution >= 0.6 is 0 Å². The Balaban J connectivity index is 2.25. The first-order valence-electron chi connectivity index (χ1n) is 5.79. The Morgan fingerprint density at radius 2 is 2.00 bits per heavy atom. The van der Waals surface area contributed by atoms with Crippen LogP contribution in [0.15, 0.2) is 42.6 Å². The Labute approximate surface area is 106 Å². The van der Waals surface area contributed by atoms with Gasteiger partial charge in [-0.3, -0.25) is 4.79 Å². The van der Waals surface area contributed by atoms with Crippen LogP contribution in [0.2, 0.25) is 0 Å². The van der Waals surface area contributed by atoms with Crippen molar-refractivity contribution in [1.29, 1.82) is 0 Å². The molecule has 1 heterocycles. The monoisotopic (exact) mass is 241 g/mol. The first-order valence-corrected chi connectivity index (χ1v) is 5.79. The lowest BCUT2D eigenvalue weighted by Crippen LogP contribution is -2.08. The van der Waals surface area contributed by atoms with Crippen molar-refractivity contribution in [3.05, 3.63) is 59.4 Å². The molecular formula is C15H15NO2. The number of hydrogen-bond donors (Lipinski definition) is 0. The third kappa shape index (κ3) is 2.56. The first kappa shape index (κ1) is 12.3. The van der Waals surface area contributed by atoms with Crippen molar-refractivity contribution in [2.24, 2.45) is 0 Å². The van der Waals surface area contributed by atoms with E-state index >= 15 is 0 Å². The summed E-state index contributed by atoms with van der Waals surface area (Å²) < 4.78 is 5.15. The number of ether oxygens (including phenoxy) is 1. The molecule has 1 aromatic carbocycles. The molecule has 3 nitrogen and oxygen atoms in total. The van der Waals surface area contributed by atoms with Gasteiger partial charge in [0.05, 0.1) is 7.11 Å². The molecule has 0 atom stereocenters. The lowest BCUT2D eigenvalue weighted by molar-refractivity contribution is 0.0985. The molecule has 0 N–H and O–H groups in total. The Hall–Kier alpha value is -2.16. The van der Waals surface area contributed by atoms with Gasteiger partial charge in [-0.1, -0.05) is 24.3 Å². The largest absolute Gasteiger partial charge is 0.494 e. The fourth-order valence-corrected chi connectivity index (χ4v) is 1.83. The molecule has 0 spiro atoms. The van der Waals surface area contributed by atoms with Crippen LogP contribution in [-0.2, 0) is 6.42 Å². The van der Waals surface area contributed by atoms with Gasteiger partial charge in [-0.05, 0) is 30.2 Å². The van der Waals surface area contributed by atoms with Crippen LogP contribution < -0.4 is 4.74 Å². The minimum atomic E-state index is -0.0262. The van der Waals surface area contributed by atoms with Crippen molar-refractivity contribution < 1.29 is 9.53 Å². The van der Waals surface area contributed by atoms with Gasteiger partial charge in [0, 0.05) is 12.6 Å². The molecule has 0 bridgehead atoms. The van der Waals surface area contributed by atoms with Crippen LogP contribution in [0.5, 0.6) is 5.75 Å². The molecule has 92 valence electrons. The number of aromatic nitrogens is 1. The van der Waals surface area contributed by atoms with E-state index in [4.69, 9.17) is 4.74 Å². The second-order valence-electron chi connectivity index (χ2n) is 4.08. The number of carbonyl (C=O) groups excluding carboxylic acids is 1. The molecule has 0 aliphatic heterocycles. The molecule has 3 heteroatoms. The molecule has 18 heavy (non-hydrogen) atoms. The topological polar surface area (TPSA) is 39.2 Å². The average Bonchev–Trinajstić information content (AvgIpc) is 2.41. The fraction of sp³-hybridized carbons (Fsp3) is 0.200. The second-order valence-corrected chi connectivity index (χ2v) is 4.08. The van der Waals surface area contributed by atoms with Gasteiger partial charge >= 0.3 is 0 Å². The van der Waals surface area contributed by atoms with E-state index in [0.29, 0.717) is 17.9 Å². The van der Waals surface area contributed by atoms with Crippen LogP contribution in [0.1, 0.15) is 21.6 Å². The molecule has 0 unspecified atom stereocenters. The predicted molar refractivity (Wildman–Crippen MR) is 70.0 cm³/mol. The number of pyridine rings is 1. The fourth-order valence-electron chi connectivity index (χ4n) is 1.83. The maximum Gasteiger partial charge on any atom is 0.189 e. The standard InChI is InChI=1S/C15H15NO2/c1-11-6-3-4-7-12(11)10-13(17)15-14(18-2)8-5-9-16-15/h3-9H,10H2,1-2H3. The number of methoxy groups -OCH3 is 1. The first-order chi connectivity index (χ1) is 8.72. The van der Waals surface area contributed by atoms with Gasteiger partial charge in [-0.15, -0.1) is 0 Å². The van der Waals surface area contributed by atoms with Gasteiger partial charge in [0.1, 0.15) is 11.4 Å². The Bertz CT molecular complexity index is 564. The van der Waals surface area contributed by atoms with Gasteiger partial charge < -0.3 is 4.74 Å². The number of benzene rings is 1. The van der Waals surface area contributed by atoms with E-state index in [1.807, 2.05) is 31.2 Å². The number of aryl methyl sites for hydroxylation is 1. The summed E-state index contributed by atoms with van der Waals surface area (Å²) in [6.45, 7) is 2.00. The van der Waals surface area contributed by atoms with Gasteiger partial charge in [-0.25, -0.2) is 4.98 Å². The minimum absolute atomic E-state index is 0.0262. The lowest BCUT2D eigenvalue weighted by atomic mass is 10.0. The van der Waals surface area contributed by atoms with Crippen molar-refractivity contribution in [1.82, 2.24) is 4.98 Å². The normalized spacial score (nSPS) is 10.1. The maximum absolute atomic E-state index is 12.2. The van der Waals surface area contributed by atoms with Crippen molar-refractivity contribution >= 4 is 5.78 Å². The van der Waals surface area contributed by atoms with E-state index in [2.05, 4.69) is 4.98 Å². The highest BCUT2D eigenvalue weighted by atomic mass is 16.5. The molecule has 0 radical (unpaired) electrons. The zero-order valence-electron chi connectivity index (χ0n) is 10.5. The van der Waals surface area contributed by atoms with Crippen LogP contribution in [0, 0.1) is 6.92 Å². The van der Waals surface area contributed by atoms with Crippen LogP contribution in [-0.4, -0.2) is 17.9 Å². The second kappa shape index (κ2) is 5.45. The maximum atomic E-state index is 12.2. The van der Waals surface area contributed by atoms with Crippen LogP contribution in [0.3, 0.4) is 0 Å². The third-order valence-corrected chi connectivity index (χ3v) is 2.87. The molecule has 0 aliphatic rings. The van der Waals surface area contributed by atoms with E-state index in [1.54, 1.807) is 25.4 Å². The SMILES string of the molecule is COc1cccnc1C(=O)Cc1ccccc1C. The minimum Gasteiger partial charge on any atom is -0.494 e. The van der Waals surface area contributed by atoms with E-state index in [1.165, 1.54) is 0 Å². The summed E-state index contributed by atoms with van der Waals surface area (Å²) in [5, 5.41) is 0. The van der Waals surface area contributed by atoms with Crippen molar-refractivity contribution in [2.75, 3.05) is 7.11 Å². The third-order valence-electron chi connectivity index (χ3n) is 2.87. The zero-order valence-corrected chi connectivity index (χ0v) is 10.5. The van der Waals surface area contributed by atoms with Gasteiger partial charge in [0.15, 0.2) is 5.78 Å². The summed E-state index contributed by atoms with van der Waals surface area (Å²) in [7, 11) is 1.54. The number of nitrogens with zero attached hydrogens (tertiary/aromatic N) is 1. The molecule has 0 fully saturated rings. The average molecular weight is 241 g/mol. The predicted octanol–water partition coefficient (Wildman–Crippen LogP) is 2.82. The van der Waals surface area contributed by atoms with E-state index < -0.39 is 0 Å². The quantitative estimate of drug-likeness (QED) is 0.773. The molecular weight excluding hydrogens is 226 g/mol. The smallest absolute Gasteiger partial charge is 0.189 e. The molecule has 0 saturated carbocycles. The Morgan fingerprint density at radius 1 is 1.22 bits per heavy atom. The highest BCUT2D eigenvalue weighted by Crippen LogP contribution is 2.18. The summed E-state index contributed by atoms with van der Waals surface area (Å²) >= 11 is 0.